The Morgan fingerprint density at radius 1 is 1.35 bits per heavy atom. The molecule has 5 nitrogen and oxygen atoms in total. The Balaban J connectivity index is 0.00000361. The first-order valence-electron chi connectivity index (χ1n) is 5.91. The summed E-state index contributed by atoms with van der Waals surface area (Å²) in [5.74, 6) is 0.355. The highest BCUT2D eigenvalue weighted by molar-refractivity contribution is 14.0. The summed E-state index contributed by atoms with van der Waals surface area (Å²) in [6, 6.07) is 0. The average molecular weight is 405 g/mol. The summed E-state index contributed by atoms with van der Waals surface area (Å²) in [5, 5.41) is 9.63. The van der Waals surface area contributed by atoms with Crippen LogP contribution in [0.15, 0.2) is 17.4 Å². The number of nitrogens with zero attached hydrogens (tertiary/aromatic N) is 3. The van der Waals surface area contributed by atoms with Crippen molar-refractivity contribution in [2.24, 2.45) is 4.99 Å². The van der Waals surface area contributed by atoms with Crippen LogP contribution in [-0.4, -0.2) is 42.1 Å². The summed E-state index contributed by atoms with van der Waals surface area (Å²) in [6.07, 6.45) is -1.40. The molecule has 9 heteroatoms. The minimum absolute atomic E-state index is 0. The first-order chi connectivity index (χ1) is 8.90. The third-order valence-electron chi connectivity index (χ3n) is 2.32. The van der Waals surface area contributed by atoms with E-state index in [-0.39, 0.29) is 30.5 Å². The standard InChI is InChI=1S/C11H18F3N5.HI/c1-9-7-18-19(8-9)6-5-17-10(15-2)16-4-3-11(12,13)14;/h7-8H,3-6H2,1-2H3,(H2,15,16,17);1H. The maximum atomic E-state index is 12.0. The van der Waals surface area contributed by atoms with Crippen molar-refractivity contribution < 1.29 is 13.2 Å². The van der Waals surface area contributed by atoms with Gasteiger partial charge < -0.3 is 10.6 Å². The largest absolute Gasteiger partial charge is 0.390 e. The molecular formula is C11H19F3IN5. The van der Waals surface area contributed by atoms with Crippen molar-refractivity contribution in [1.29, 1.82) is 0 Å². The molecule has 0 aliphatic rings. The summed E-state index contributed by atoms with van der Waals surface area (Å²) < 4.78 is 37.7. The van der Waals surface area contributed by atoms with E-state index < -0.39 is 12.6 Å². The van der Waals surface area contributed by atoms with E-state index >= 15 is 0 Å². The maximum absolute atomic E-state index is 12.0. The zero-order chi connectivity index (χ0) is 14.3. The summed E-state index contributed by atoms with van der Waals surface area (Å²) >= 11 is 0. The van der Waals surface area contributed by atoms with Crippen LogP contribution in [0.25, 0.3) is 0 Å². The zero-order valence-electron chi connectivity index (χ0n) is 11.4. The van der Waals surface area contributed by atoms with Gasteiger partial charge in [0.1, 0.15) is 0 Å². The fourth-order valence-electron chi connectivity index (χ4n) is 1.42. The fraction of sp³-hybridized carbons (Fsp3) is 0.636. The van der Waals surface area contributed by atoms with Crippen molar-refractivity contribution in [1.82, 2.24) is 20.4 Å². The van der Waals surface area contributed by atoms with Gasteiger partial charge in [-0.25, -0.2) is 0 Å². The molecule has 0 fully saturated rings. The van der Waals surface area contributed by atoms with Gasteiger partial charge in [0.05, 0.1) is 19.2 Å². The number of alkyl halides is 3. The lowest BCUT2D eigenvalue weighted by atomic mass is 10.4. The second kappa shape index (κ2) is 9.03. The molecule has 0 amide bonds. The van der Waals surface area contributed by atoms with E-state index in [0.29, 0.717) is 19.0 Å². The van der Waals surface area contributed by atoms with Crippen molar-refractivity contribution in [3.8, 4) is 0 Å². The van der Waals surface area contributed by atoms with Crippen LogP contribution in [0.4, 0.5) is 13.2 Å². The Bertz CT molecular complexity index is 416. The lowest BCUT2D eigenvalue weighted by Gasteiger charge is -2.12. The number of guanidine groups is 1. The lowest BCUT2D eigenvalue weighted by Crippen LogP contribution is -2.40. The van der Waals surface area contributed by atoms with Crippen LogP contribution in [0.5, 0.6) is 0 Å². The van der Waals surface area contributed by atoms with Crippen molar-refractivity contribution in [2.75, 3.05) is 20.1 Å². The van der Waals surface area contributed by atoms with Crippen LogP contribution in [0.3, 0.4) is 0 Å². The molecule has 1 heterocycles. The van der Waals surface area contributed by atoms with Gasteiger partial charge >= 0.3 is 6.18 Å². The molecule has 0 unspecified atom stereocenters. The van der Waals surface area contributed by atoms with E-state index in [1.54, 1.807) is 10.9 Å². The van der Waals surface area contributed by atoms with E-state index in [0.717, 1.165) is 5.56 Å². The molecule has 2 N–H and O–H groups in total. The molecule has 0 bridgehead atoms. The van der Waals surface area contributed by atoms with Gasteiger partial charge in [-0.3, -0.25) is 9.67 Å². The molecule has 0 atom stereocenters. The van der Waals surface area contributed by atoms with Crippen LogP contribution >= 0.6 is 24.0 Å². The van der Waals surface area contributed by atoms with E-state index in [2.05, 4.69) is 20.7 Å². The van der Waals surface area contributed by atoms with Crippen LogP contribution in [0.2, 0.25) is 0 Å². The normalized spacial score (nSPS) is 11.9. The molecule has 1 aromatic heterocycles. The van der Waals surface area contributed by atoms with E-state index in [4.69, 9.17) is 0 Å². The van der Waals surface area contributed by atoms with E-state index in [9.17, 15) is 13.2 Å². The van der Waals surface area contributed by atoms with Crippen LogP contribution in [0, 0.1) is 6.92 Å². The molecular weight excluding hydrogens is 386 g/mol. The zero-order valence-corrected chi connectivity index (χ0v) is 13.7. The third kappa shape index (κ3) is 8.23. The summed E-state index contributed by atoms with van der Waals surface area (Å²) in [7, 11) is 1.51. The van der Waals surface area contributed by atoms with E-state index in [1.807, 2.05) is 13.1 Å². The van der Waals surface area contributed by atoms with Gasteiger partial charge in [0.25, 0.3) is 0 Å². The molecule has 116 valence electrons. The monoisotopic (exact) mass is 405 g/mol. The first kappa shape index (κ1) is 19.0. The Labute approximate surface area is 133 Å². The number of halogens is 4. The molecule has 0 aliphatic heterocycles. The molecule has 1 rings (SSSR count). The summed E-state index contributed by atoms with van der Waals surface area (Å²) in [4.78, 5) is 3.84. The second-order valence-corrected chi connectivity index (χ2v) is 4.07. The van der Waals surface area contributed by atoms with Crippen LogP contribution < -0.4 is 10.6 Å². The van der Waals surface area contributed by atoms with Crippen molar-refractivity contribution in [3.63, 3.8) is 0 Å². The smallest absolute Gasteiger partial charge is 0.356 e. The van der Waals surface area contributed by atoms with Gasteiger partial charge in [-0.05, 0) is 12.5 Å². The van der Waals surface area contributed by atoms with E-state index in [1.165, 1.54) is 7.05 Å². The molecule has 0 saturated heterocycles. The van der Waals surface area contributed by atoms with Gasteiger partial charge in [-0.1, -0.05) is 0 Å². The van der Waals surface area contributed by atoms with Gasteiger partial charge in [-0.15, -0.1) is 24.0 Å². The second-order valence-electron chi connectivity index (χ2n) is 4.07. The first-order valence-corrected chi connectivity index (χ1v) is 5.91. The number of aliphatic imine (C=N–C) groups is 1. The molecule has 0 aliphatic carbocycles. The molecule has 1 aromatic rings. The highest BCUT2D eigenvalue weighted by atomic mass is 127. The molecule has 0 radical (unpaired) electrons. The summed E-state index contributed by atoms with van der Waals surface area (Å²) in [6.45, 7) is 2.90. The lowest BCUT2D eigenvalue weighted by molar-refractivity contribution is -0.132. The number of rotatable bonds is 5. The Morgan fingerprint density at radius 2 is 2.00 bits per heavy atom. The number of aryl methyl sites for hydroxylation is 1. The maximum Gasteiger partial charge on any atom is 0.390 e. The predicted octanol–water partition coefficient (Wildman–Crippen LogP) is 1.93. The van der Waals surface area contributed by atoms with Crippen molar-refractivity contribution >= 4 is 29.9 Å². The van der Waals surface area contributed by atoms with Crippen molar-refractivity contribution in [3.05, 3.63) is 18.0 Å². The highest BCUT2D eigenvalue weighted by Crippen LogP contribution is 2.17. The number of hydrogen-bond donors (Lipinski definition) is 2. The SMILES string of the molecule is CN=C(NCCn1cc(C)cn1)NCCC(F)(F)F.I. The fourth-order valence-corrected chi connectivity index (χ4v) is 1.42. The molecule has 0 saturated carbocycles. The Morgan fingerprint density at radius 3 is 2.50 bits per heavy atom. The van der Waals surface area contributed by atoms with Crippen molar-refractivity contribution in [2.45, 2.75) is 26.1 Å². The molecule has 0 spiro atoms. The number of aromatic nitrogens is 2. The minimum Gasteiger partial charge on any atom is -0.356 e. The molecule has 0 aromatic carbocycles. The van der Waals surface area contributed by atoms with Gasteiger partial charge in [0, 0.05) is 26.3 Å². The minimum atomic E-state index is -4.15. The Kier molecular flexibility index (Phi) is 8.58. The number of nitrogens with one attached hydrogen (secondary N) is 2. The van der Waals surface area contributed by atoms with Gasteiger partial charge in [-0.2, -0.15) is 18.3 Å². The highest BCUT2D eigenvalue weighted by Gasteiger charge is 2.26. The quantitative estimate of drug-likeness (QED) is 0.447. The predicted molar refractivity (Wildman–Crippen MR) is 82.4 cm³/mol. The topological polar surface area (TPSA) is 54.2 Å². The van der Waals surface area contributed by atoms with Gasteiger partial charge in [0.2, 0.25) is 0 Å². The van der Waals surface area contributed by atoms with Crippen LogP contribution in [0.1, 0.15) is 12.0 Å². The number of hydrogen-bond acceptors (Lipinski definition) is 2. The Hall–Kier alpha value is -1.00. The van der Waals surface area contributed by atoms with Crippen LogP contribution in [-0.2, 0) is 6.54 Å². The molecule has 20 heavy (non-hydrogen) atoms. The van der Waals surface area contributed by atoms with Gasteiger partial charge in [0.15, 0.2) is 5.96 Å². The summed E-state index contributed by atoms with van der Waals surface area (Å²) in [5.41, 5.74) is 1.06. The third-order valence-corrected chi connectivity index (χ3v) is 2.32. The average Bonchev–Trinajstić information content (AvgIpc) is 2.71.